The van der Waals surface area contributed by atoms with Crippen molar-refractivity contribution < 1.29 is 9.90 Å². The molecule has 0 radical (unpaired) electrons. The Bertz CT molecular complexity index is 1180. The Hall–Kier alpha value is -2.77. The van der Waals surface area contributed by atoms with E-state index >= 15 is 0 Å². The maximum absolute atomic E-state index is 12.5. The third kappa shape index (κ3) is 6.20. The van der Waals surface area contributed by atoms with Gasteiger partial charge in [0.15, 0.2) is 5.65 Å². The van der Waals surface area contributed by atoms with Crippen LogP contribution in [0.3, 0.4) is 0 Å². The zero-order valence-corrected chi connectivity index (χ0v) is 23.0. The molecule has 2 aromatic heterocycles. The number of pyridine rings is 1. The first-order chi connectivity index (χ1) is 19.1. The number of nitrogens with zero attached hydrogens (tertiary/aromatic N) is 4. The molecule has 4 heterocycles. The third-order valence-corrected chi connectivity index (χ3v) is 9.74. The quantitative estimate of drug-likeness (QED) is 0.389. The van der Waals surface area contributed by atoms with Crippen molar-refractivity contribution >= 4 is 17.1 Å². The lowest BCUT2D eigenvalue weighted by Gasteiger charge is -2.35. The Morgan fingerprint density at radius 1 is 1.00 bits per heavy atom. The Labute approximate surface area is 232 Å². The molecule has 2 aliphatic heterocycles. The van der Waals surface area contributed by atoms with E-state index in [-0.39, 0.29) is 6.04 Å². The van der Waals surface area contributed by atoms with Crippen molar-refractivity contribution in [1.29, 1.82) is 0 Å². The number of aromatic amines is 1. The van der Waals surface area contributed by atoms with Gasteiger partial charge >= 0.3 is 5.97 Å². The zero-order valence-electron chi connectivity index (χ0n) is 23.0. The van der Waals surface area contributed by atoms with Gasteiger partial charge in [-0.3, -0.25) is 9.69 Å². The SMILES string of the molecule is O=C(O)C(C1CCCCC1)N1CC(CN2CCC(CCc3nc4ncccc4[nH]3)CC2)C(c2ccccc2)C1. The van der Waals surface area contributed by atoms with Gasteiger partial charge in [-0.15, -0.1) is 0 Å². The molecule has 3 atom stereocenters. The van der Waals surface area contributed by atoms with E-state index < -0.39 is 5.97 Å². The van der Waals surface area contributed by atoms with Gasteiger partial charge in [0.2, 0.25) is 0 Å². The molecule has 1 saturated carbocycles. The highest BCUT2D eigenvalue weighted by Crippen LogP contribution is 2.38. The van der Waals surface area contributed by atoms with Crippen LogP contribution < -0.4 is 0 Å². The van der Waals surface area contributed by atoms with Crippen molar-refractivity contribution in [2.45, 2.75) is 69.7 Å². The van der Waals surface area contributed by atoms with E-state index in [1.807, 2.05) is 12.1 Å². The number of likely N-dealkylation sites (tertiary alicyclic amines) is 2. The summed E-state index contributed by atoms with van der Waals surface area (Å²) in [5.74, 6) is 2.33. The number of fused-ring (bicyclic) bond motifs is 1. The van der Waals surface area contributed by atoms with Crippen LogP contribution in [0.4, 0.5) is 0 Å². The normalized spacial score (nSPS) is 24.8. The number of aromatic nitrogens is 3. The lowest BCUT2D eigenvalue weighted by atomic mass is 9.83. The standard InChI is InChI=1S/C32H43N5O2/c38-32(39)30(25-10-5-2-6-11-25)37-21-26(27(22-37)24-8-3-1-4-9-24)20-36-18-15-23(16-19-36)13-14-29-34-28-12-7-17-33-31(28)35-29/h1,3-4,7-9,12,17,23,25-27,30H,2,5-6,10-11,13-16,18-22H2,(H,38,39)(H,33,34,35). The van der Waals surface area contributed by atoms with Gasteiger partial charge in [0.05, 0.1) is 5.52 Å². The van der Waals surface area contributed by atoms with Gasteiger partial charge in [0.25, 0.3) is 0 Å². The summed E-state index contributed by atoms with van der Waals surface area (Å²) in [4.78, 5) is 30.0. The van der Waals surface area contributed by atoms with Crippen molar-refractivity contribution in [2.75, 3.05) is 32.7 Å². The molecule has 7 nitrogen and oxygen atoms in total. The second-order valence-electron chi connectivity index (χ2n) is 12.3. The maximum atomic E-state index is 12.5. The number of hydrogen-bond donors (Lipinski definition) is 2. The Morgan fingerprint density at radius 3 is 2.54 bits per heavy atom. The fourth-order valence-corrected chi connectivity index (χ4v) is 7.64. The topological polar surface area (TPSA) is 85.3 Å². The molecule has 1 aromatic carbocycles. The summed E-state index contributed by atoms with van der Waals surface area (Å²) >= 11 is 0. The van der Waals surface area contributed by atoms with E-state index in [0.29, 0.717) is 17.8 Å². The fraction of sp³-hybridized carbons (Fsp3) is 0.594. The number of imidazole rings is 1. The van der Waals surface area contributed by atoms with E-state index in [9.17, 15) is 9.90 Å². The first kappa shape index (κ1) is 26.5. The third-order valence-electron chi connectivity index (χ3n) is 9.74. The second kappa shape index (κ2) is 12.2. The summed E-state index contributed by atoms with van der Waals surface area (Å²) in [7, 11) is 0. The van der Waals surface area contributed by atoms with Crippen molar-refractivity contribution in [3.63, 3.8) is 0 Å². The van der Waals surface area contributed by atoms with Crippen LogP contribution in [0.15, 0.2) is 48.7 Å². The average Bonchev–Trinajstić information content (AvgIpc) is 3.57. The van der Waals surface area contributed by atoms with Crippen LogP contribution in [0.25, 0.3) is 11.2 Å². The number of rotatable bonds is 9. The molecule has 7 heteroatoms. The van der Waals surface area contributed by atoms with Gasteiger partial charge in [-0.05, 0) is 80.6 Å². The number of H-pyrrole nitrogens is 1. The molecule has 0 amide bonds. The highest BCUT2D eigenvalue weighted by Gasteiger charge is 2.43. The molecule has 1 aliphatic carbocycles. The van der Waals surface area contributed by atoms with Crippen molar-refractivity contribution in [3.05, 3.63) is 60.0 Å². The predicted octanol–water partition coefficient (Wildman–Crippen LogP) is 5.35. The van der Waals surface area contributed by atoms with Gasteiger partial charge in [-0.2, -0.15) is 0 Å². The molecular weight excluding hydrogens is 486 g/mol. The first-order valence-corrected chi connectivity index (χ1v) is 15.2. The summed E-state index contributed by atoms with van der Waals surface area (Å²) in [6, 6.07) is 14.5. The summed E-state index contributed by atoms with van der Waals surface area (Å²) in [5, 5.41) is 10.3. The lowest BCUT2D eigenvalue weighted by molar-refractivity contribution is -0.145. The fourth-order valence-electron chi connectivity index (χ4n) is 7.64. The number of carbonyl (C=O) groups is 1. The number of carboxylic acids is 1. The molecule has 6 rings (SSSR count). The van der Waals surface area contributed by atoms with Crippen LogP contribution in [0.1, 0.15) is 68.7 Å². The highest BCUT2D eigenvalue weighted by molar-refractivity contribution is 5.74. The second-order valence-corrected chi connectivity index (χ2v) is 12.3. The van der Waals surface area contributed by atoms with Gasteiger partial charge < -0.3 is 15.0 Å². The lowest BCUT2D eigenvalue weighted by Crippen LogP contribution is -2.46. The number of piperidine rings is 1. The van der Waals surface area contributed by atoms with E-state index in [1.54, 1.807) is 6.20 Å². The molecular formula is C32H43N5O2. The van der Waals surface area contributed by atoms with Gasteiger partial charge in [-0.1, -0.05) is 49.6 Å². The molecule has 3 aliphatic rings. The van der Waals surface area contributed by atoms with Crippen molar-refractivity contribution in [3.8, 4) is 0 Å². The molecule has 0 spiro atoms. The molecule has 3 unspecified atom stereocenters. The number of aliphatic carboxylic acids is 1. The van der Waals surface area contributed by atoms with E-state index in [1.165, 1.54) is 44.1 Å². The van der Waals surface area contributed by atoms with E-state index in [2.05, 4.69) is 55.1 Å². The minimum atomic E-state index is -0.615. The van der Waals surface area contributed by atoms with Crippen LogP contribution in [-0.4, -0.2) is 74.6 Å². The van der Waals surface area contributed by atoms with Crippen molar-refractivity contribution in [1.82, 2.24) is 24.8 Å². The Balaban J connectivity index is 1.07. The molecule has 3 aromatic rings. The summed E-state index contributed by atoms with van der Waals surface area (Å²) in [6.07, 6.45) is 12.1. The zero-order chi connectivity index (χ0) is 26.6. The van der Waals surface area contributed by atoms with Crippen LogP contribution in [0.2, 0.25) is 0 Å². The molecule has 39 heavy (non-hydrogen) atoms. The average molecular weight is 530 g/mol. The number of carboxylic acid groups (broad SMARTS) is 1. The summed E-state index contributed by atoms with van der Waals surface area (Å²) in [5.41, 5.74) is 3.21. The number of aryl methyl sites for hydroxylation is 1. The number of hydrogen-bond acceptors (Lipinski definition) is 5. The molecule has 2 N–H and O–H groups in total. The first-order valence-electron chi connectivity index (χ1n) is 15.2. The van der Waals surface area contributed by atoms with E-state index in [0.717, 1.165) is 74.9 Å². The number of benzene rings is 1. The summed E-state index contributed by atoms with van der Waals surface area (Å²) < 4.78 is 0. The summed E-state index contributed by atoms with van der Waals surface area (Å²) in [6.45, 7) is 5.09. The molecule has 208 valence electrons. The highest BCUT2D eigenvalue weighted by atomic mass is 16.4. The maximum Gasteiger partial charge on any atom is 0.321 e. The minimum absolute atomic E-state index is 0.296. The molecule has 3 fully saturated rings. The largest absolute Gasteiger partial charge is 0.480 e. The van der Waals surface area contributed by atoms with Crippen LogP contribution in [0.5, 0.6) is 0 Å². The predicted molar refractivity (Wildman–Crippen MR) is 154 cm³/mol. The monoisotopic (exact) mass is 529 g/mol. The van der Waals surface area contributed by atoms with E-state index in [4.69, 9.17) is 0 Å². The Kier molecular flexibility index (Phi) is 8.26. The van der Waals surface area contributed by atoms with Gasteiger partial charge in [0.1, 0.15) is 11.9 Å². The van der Waals surface area contributed by atoms with Gasteiger partial charge in [-0.25, -0.2) is 9.97 Å². The Morgan fingerprint density at radius 2 is 1.79 bits per heavy atom. The van der Waals surface area contributed by atoms with Crippen molar-refractivity contribution in [2.24, 2.45) is 17.8 Å². The van der Waals surface area contributed by atoms with Crippen LogP contribution in [0, 0.1) is 17.8 Å². The molecule has 2 saturated heterocycles. The van der Waals surface area contributed by atoms with Crippen LogP contribution in [-0.2, 0) is 11.2 Å². The van der Waals surface area contributed by atoms with Crippen LogP contribution >= 0.6 is 0 Å². The number of nitrogens with one attached hydrogen (secondary N) is 1. The van der Waals surface area contributed by atoms with Gasteiger partial charge in [0, 0.05) is 38.2 Å². The minimum Gasteiger partial charge on any atom is -0.480 e. The smallest absolute Gasteiger partial charge is 0.321 e. The molecule has 0 bridgehead atoms.